The summed E-state index contributed by atoms with van der Waals surface area (Å²) in [7, 11) is 0. The second kappa shape index (κ2) is 3.94. The van der Waals surface area contributed by atoms with E-state index in [4.69, 9.17) is 4.74 Å². The average molecular weight is 145 g/mol. The first-order valence-electron chi connectivity index (χ1n) is 3.77. The highest BCUT2D eigenvalue weighted by atomic mass is 16.5. The number of hydrogen-bond donors (Lipinski definition) is 0. The molecule has 0 heterocycles. The number of ether oxygens (including phenoxy) is 1. The third kappa shape index (κ3) is 3.85. The summed E-state index contributed by atoms with van der Waals surface area (Å²) in [6.45, 7) is 7.71. The van der Waals surface area contributed by atoms with E-state index in [9.17, 15) is 5.11 Å². The van der Waals surface area contributed by atoms with E-state index in [0.717, 1.165) is 6.42 Å². The Kier molecular flexibility index (Phi) is 3.91. The van der Waals surface area contributed by atoms with E-state index in [1.807, 2.05) is 20.8 Å². The minimum Gasteiger partial charge on any atom is -0.370 e. The Hall–Kier alpha value is -0.0800. The predicted octanol–water partition coefficient (Wildman–Crippen LogP) is 2.01. The molecule has 0 aromatic heterocycles. The summed E-state index contributed by atoms with van der Waals surface area (Å²) in [4.78, 5) is 0. The van der Waals surface area contributed by atoms with Crippen LogP contribution in [0.15, 0.2) is 0 Å². The summed E-state index contributed by atoms with van der Waals surface area (Å²) in [5.74, 6) is 0. The molecule has 0 aliphatic rings. The fourth-order valence-corrected chi connectivity index (χ4v) is 0.662. The maximum absolute atomic E-state index is 10.3. The van der Waals surface area contributed by atoms with Crippen molar-refractivity contribution in [3.8, 4) is 0 Å². The minimum atomic E-state index is -0.157. The van der Waals surface area contributed by atoms with Crippen LogP contribution in [0.2, 0.25) is 0 Å². The highest BCUT2D eigenvalue weighted by Crippen LogP contribution is 2.15. The summed E-state index contributed by atoms with van der Waals surface area (Å²) in [6.07, 6.45) is 0.784. The van der Waals surface area contributed by atoms with Crippen molar-refractivity contribution in [1.82, 2.24) is 0 Å². The molecule has 0 aromatic rings. The lowest BCUT2D eigenvalue weighted by Gasteiger charge is -2.26. The Labute approximate surface area is 63.2 Å². The van der Waals surface area contributed by atoms with Gasteiger partial charge in [0.1, 0.15) is 6.61 Å². The maximum Gasteiger partial charge on any atom is 0.108 e. The molecule has 0 rings (SSSR count). The zero-order valence-electron chi connectivity index (χ0n) is 7.31. The van der Waals surface area contributed by atoms with E-state index in [-0.39, 0.29) is 18.3 Å². The minimum absolute atomic E-state index is 0.135. The van der Waals surface area contributed by atoms with Gasteiger partial charge in [0.25, 0.3) is 0 Å². The van der Waals surface area contributed by atoms with Crippen LogP contribution >= 0.6 is 0 Å². The first kappa shape index (κ1) is 9.92. The van der Waals surface area contributed by atoms with Crippen LogP contribution in [0.3, 0.4) is 0 Å². The molecule has 0 saturated carbocycles. The average Bonchev–Trinajstić information content (AvgIpc) is 1.87. The molecular weight excluding hydrogens is 128 g/mol. The first-order valence-corrected chi connectivity index (χ1v) is 3.77. The molecular formula is C8H17O2. The summed E-state index contributed by atoms with van der Waals surface area (Å²) in [5, 5.41) is 10.3. The van der Waals surface area contributed by atoms with Gasteiger partial charge in [-0.25, -0.2) is 5.11 Å². The van der Waals surface area contributed by atoms with Crippen molar-refractivity contribution in [2.24, 2.45) is 0 Å². The SMILES string of the molecule is CCC(C)(C)OC(C)C[O]. The first-order chi connectivity index (χ1) is 4.52. The summed E-state index contributed by atoms with van der Waals surface area (Å²) >= 11 is 0. The van der Waals surface area contributed by atoms with E-state index in [1.54, 1.807) is 0 Å². The van der Waals surface area contributed by atoms with E-state index >= 15 is 0 Å². The molecule has 61 valence electrons. The lowest BCUT2D eigenvalue weighted by atomic mass is 10.1. The smallest absolute Gasteiger partial charge is 0.108 e. The van der Waals surface area contributed by atoms with Crippen LogP contribution in [-0.2, 0) is 9.84 Å². The third-order valence-electron chi connectivity index (χ3n) is 1.61. The highest BCUT2D eigenvalue weighted by Gasteiger charge is 2.18. The van der Waals surface area contributed by atoms with Crippen LogP contribution in [-0.4, -0.2) is 18.3 Å². The Balaban J connectivity index is 3.64. The molecule has 1 radical (unpaired) electrons. The lowest BCUT2D eigenvalue weighted by molar-refractivity contribution is -0.0930. The second-order valence-electron chi connectivity index (χ2n) is 3.21. The molecule has 0 saturated heterocycles. The normalized spacial score (nSPS) is 15.3. The molecule has 0 aliphatic heterocycles. The highest BCUT2D eigenvalue weighted by molar-refractivity contribution is 4.67. The van der Waals surface area contributed by atoms with Crippen molar-refractivity contribution >= 4 is 0 Å². The van der Waals surface area contributed by atoms with Crippen LogP contribution in [0.5, 0.6) is 0 Å². The van der Waals surface area contributed by atoms with Gasteiger partial charge in [0.05, 0.1) is 11.7 Å². The molecule has 0 amide bonds. The van der Waals surface area contributed by atoms with E-state index in [0.29, 0.717) is 0 Å². The van der Waals surface area contributed by atoms with Crippen molar-refractivity contribution < 1.29 is 9.84 Å². The molecule has 2 nitrogen and oxygen atoms in total. The second-order valence-corrected chi connectivity index (χ2v) is 3.21. The van der Waals surface area contributed by atoms with Gasteiger partial charge in [-0.05, 0) is 27.2 Å². The Bertz CT molecular complexity index is 89.3. The van der Waals surface area contributed by atoms with Crippen molar-refractivity contribution in [2.75, 3.05) is 6.61 Å². The zero-order valence-corrected chi connectivity index (χ0v) is 7.31. The Morgan fingerprint density at radius 1 is 1.50 bits per heavy atom. The molecule has 0 aromatic carbocycles. The van der Waals surface area contributed by atoms with Gasteiger partial charge in [-0.15, -0.1) is 0 Å². The fraction of sp³-hybridized carbons (Fsp3) is 1.00. The van der Waals surface area contributed by atoms with E-state index < -0.39 is 0 Å². The fourth-order valence-electron chi connectivity index (χ4n) is 0.662. The largest absolute Gasteiger partial charge is 0.370 e. The molecule has 2 heteroatoms. The number of hydrogen-bond acceptors (Lipinski definition) is 1. The van der Waals surface area contributed by atoms with Gasteiger partial charge in [0, 0.05) is 0 Å². The standard InChI is InChI=1S/C8H17O2/c1-5-8(3,4)10-7(2)6-9/h7H,5-6H2,1-4H3. The quantitative estimate of drug-likeness (QED) is 0.595. The summed E-state index contributed by atoms with van der Waals surface area (Å²) in [6, 6.07) is 0. The Morgan fingerprint density at radius 3 is 2.30 bits per heavy atom. The van der Waals surface area contributed by atoms with E-state index in [2.05, 4.69) is 6.92 Å². The molecule has 10 heavy (non-hydrogen) atoms. The van der Waals surface area contributed by atoms with Crippen LogP contribution in [0.1, 0.15) is 34.1 Å². The lowest BCUT2D eigenvalue weighted by Crippen LogP contribution is -2.29. The van der Waals surface area contributed by atoms with Gasteiger partial charge in [-0.3, -0.25) is 0 Å². The van der Waals surface area contributed by atoms with Crippen LogP contribution in [0, 0.1) is 0 Å². The van der Waals surface area contributed by atoms with Crippen LogP contribution < -0.4 is 0 Å². The summed E-state index contributed by atoms with van der Waals surface area (Å²) < 4.78 is 5.42. The molecule has 0 N–H and O–H groups in total. The van der Waals surface area contributed by atoms with Gasteiger partial charge in [0.2, 0.25) is 0 Å². The van der Waals surface area contributed by atoms with Crippen molar-refractivity contribution in [1.29, 1.82) is 0 Å². The van der Waals surface area contributed by atoms with Gasteiger partial charge in [-0.1, -0.05) is 6.92 Å². The van der Waals surface area contributed by atoms with Crippen molar-refractivity contribution in [2.45, 2.75) is 45.8 Å². The zero-order chi connectivity index (χ0) is 8.20. The molecule has 0 bridgehead atoms. The predicted molar refractivity (Wildman–Crippen MR) is 40.5 cm³/mol. The molecule has 0 fully saturated rings. The Morgan fingerprint density at radius 2 is 2.00 bits per heavy atom. The van der Waals surface area contributed by atoms with Gasteiger partial charge >= 0.3 is 0 Å². The molecule has 1 atom stereocenters. The van der Waals surface area contributed by atoms with Gasteiger partial charge in [0.15, 0.2) is 0 Å². The molecule has 1 unspecified atom stereocenters. The van der Waals surface area contributed by atoms with E-state index in [1.165, 1.54) is 0 Å². The van der Waals surface area contributed by atoms with Gasteiger partial charge in [-0.2, -0.15) is 0 Å². The number of rotatable bonds is 4. The van der Waals surface area contributed by atoms with Crippen molar-refractivity contribution in [3.05, 3.63) is 0 Å². The van der Waals surface area contributed by atoms with Crippen LogP contribution in [0.4, 0.5) is 0 Å². The topological polar surface area (TPSA) is 29.1 Å². The van der Waals surface area contributed by atoms with Crippen molar-refractivity contribution in [3.63, 3.8) is 0 Å². The van der Waals surface area contributed by atoms with Gasteiger partial charge < -0.3 is 4.74 Å². The monoisotopic (exact) mass is 145 g/mol. The maximum atomic E-state index is 10.3. The third-order valence-corrected chi connectivity index (χ3v) is 1.61. The summed E-state index contributed by atoms with van der Waals surface area (Å²) in [5.41, 5.74) is -0.135. The van der Waals surface area contributed by atoms with Crippen LogP contribution in [0.25, 0.3) is 0 Å². The molecule has 0 spiro atoms. The molecule has 0 aliphatic carbocycles.